The van der Waals surface area contributed by atoms with Crippen LogP contribution in [0.5, 0.6) is 0 Å². The van der Waals surface area contributed by atoms with Crippen molar-refractivity contribution < 1.29 is 0 Å². The second-order valence-electron chi connectivity index (χ2n) is 4.71. The van der Waals surface area contributed by atoms with E-state index in [0.717, 1.165) is 5.92 Å². The second-order valence-corrected chi connectivity index (χ2v) is 4.71. The molecular weight excluding hydrogens is 156 g/mol. The lowest BCUT2D eigenvalue weighted by Crippen LogP contribution is -2.10. The predicted molar refractivity (Wildman–Crippen MR) is 60.0 cm³/mol. The minimum Gasteiger partial charge on any atom is -0.0654 e. The first-order chi connectivity index (χ1) is 6.43. The van der Waals surface area contributed by atoms with Gasteiger partial charge >= 0.3 is 0 Å². The average Bonchev–Trinajstić information content (AvgIpc) is 2.07. The summed E-state index contributed by atoms with van der Waals surface area (Å²) in [6, 6.07) is 0. The lowest BCUT2D eigenvalue weighted by Gasteiger charge is -2.24. The van der Waals surface area contributed by atoms with Crippen molar-refractivity contribution in [1.29, 1.82) is 0 Å². The van der Waals surface area contributed by atoms with Gasteiger partial charge in [0.15, 0.2) is 0 Å². The van der Waals surface area contributed by atoms with Crippen LogP contribution in [0.1, 0.15) is 77.6 Å². The van der Waals surface area contributed by atoms with Crippen molar-refractivity contribution in [3.05, 3.63) is 0 Å². The molecule has 0 unspecified atom stereocenters. The Bertz CT molecular complexity index is 103. The highest BCUT2D eigenvalue weighted by molar-refractivity contribution is 4.68. The molecule has 0 atom stereocenters. The average molecular weight is 182 g/mol. The number of rotatable bonds is 8. The molecule has 1 aliphatic carbocycles. The minimum atomic E-state index is 1.13. The monoisotopic (exact) mass is 182 g/mol. The summed E-state index contributed by atoms with van der Waals surface area (Å²) in [5.74, 6) is 1.13. The molecule has 1 rings (SSSR count). The molecule has 0 aromatic rings. The van der Waals surface area contributed by atoms with Gasteiger partial charge in [-0.1, -0.05) is 77.6 Å². The maximum absolute atomic E-state index is 2.29. The van der Waals surface area contributed by atoms with Crippen LogP contribution < -0.4 is 0 Å². The van der Waals surface area contributed by atoms with Crippen LogP contribution in [0.3, 0.4) is 0 Å². The fraction of sp³-hybridized carbons (Fsp3) is 1.00. The summed E-state index contributed by atoms with van der Waals surface area (Å²) in [5.41, 5.74) is 0. The largest absolute Gasteiger partial charge is 0.0654 e. The Morgan fingerprint density at radius 1 is 0.846 bits per heavy atom. The van der Waals surface area contributed by atoms with E-state index in [9.17, 15) is 0 Å². The molecule has 0 aromatic heterocycles. The fourth-order valence-electron chi connectivity index (χ4n) is 2.17. The molecule has 0 aliphatic heterocycles. The molecule has 0 amide bonds. The molecule has 0 bridgehead atoms. The third kappa shape index (κ3) is 5.33. The minimum absolute atomic E-state index is 1.13. The molecule has 0 saturated heterocycles. The van der Waals surface area contributed by atoms with Gasteiger partial charge in [0.2, 0.25) is 0 Å². The van der Waals surface area contributed by atoms with E-state index in [1.54, 1.807) is 0 Å². The molecule has 0 spiro atoms. The van der Waals surface area contributed by atoms with Crippen molar-refractivity contribution in [2.24, 2.45) is 5.92 Å². The number of unbranched alkanes of at least 4 members (excludes halogenated alkanes) is 6. The molecule has 0 N–H and O–H groups in total. The molecule has 0 radical (unpaired) electrons. The van der Waals surface area contributed by atoms with Crippen LogP contribution >= 0.6 is 0 Å². The van der Waals surface area contributed by atoms with Crippen LogP contribution in [0.4, 0.5) is 0 Å². The summed E-state index contributed by atoms with van der Waals surface area (Å²) in [5, 5.41) is 0. The highest BCUT2D eigenvalue weighted by Crippen LogP contribution is 2.31. The van der Waals surface area contributed by atoms with E-state index in [4.69, 9.17) is 0 Å². The highest BCUT2D eigenvalue weighted by atomic mass is 14.2. The Labute approximate surface area is 84.1 Å². The summed E-state index contributed by atoms with van der Waals surface area (Å²) in [6.07, 6.45) is 16.4. The Kier molecular flexibility index (Phi) is 6.31. The van der Waals surface area contributed by atoms with E-state index in [0.29, 0.717) is 0 Å². The lowest BCUT2D eigenvalue weighted by atomic mass is 9.81. The van der Waals surface area contributed by atoms with Gasteiger partial charge < -0.3 is 0 Å². The zero-order chi connectivity index (χ0) is 9.36. The van der Waals surface area contributed by atoms with Crippen LogP contribution in [0.15, 0.2) is 0 Å². The quantitative estimate of drug-likeness (QED) is 0.467. The summed E-state index contributed by atoms with van der Waals surface area (Å²) in [7, 11) is 0. The summed E-state index contributed by atoms with van der Waals surface area (Å²) in [4.78, 5) is 0. The SMILES string of the molecule is CCCCCCCCCC1CCC1. The lowest BCUT2D eigenvalue weighted by molar-refractivity contribution is 0.286. The third-order valence-electron chi connectivity index (χ3n) is 3.44. The van der Waals surface area contributed by atoms with E-state index < -0.39 is 0 Å². The normalized spacial score (nSPS) is 17.3. The van der Waals surface area contributed by atoms with Gasteiger partial charge in [-0.25, -0.2) is 0 Å². The van der Waals surface area contributed by atoms with Crippen LogP contribution in [-0.4, -0.2) is 0 Å². The van der Waals surface area contributed by atoms with Crippen LogP contribution in [0, 0.1) is 5.92 Å². The van der Waals surface area contributed by atoms with Gasteiger partial charge in [-0.3, -0.25) is 0 Å². The van der Waals surface area contributed by atoms with Gasteiger partial charge in [0.1, 0.15) is 0 Å². The van der Waals surface area contributed by atoms with Crippen LogP contribution in [0.25, 0.3) is 0 Å². The van der Waals surface area contributed by atoms with Gasteiger partial charge in [-0.05, 0) is 5.92 Å². The van der Waals surface area contributed by atoms with Gasteiger partial charge in [0, 0.05) is 0 Å². The van der Waals surface area contributed by atoms with E-state index in [-0.39, 0.29) is 0 Å². The molecule has 1 fully saturated rings. The summed E-state index contributed by atoms with van der Waals surface area (Å²) < 4.78 is 0. The van der Waals surface area contributed by atoms with Crippen molar-refractivity contribution in [3.8, 4) is 0 Å². The van der Waals surface area contributed by atoms with Gasteiger partial charge in [0.05, 0.1) is 0 Å². The molecule has 13 heavy (non-hydrogen) atoms. The first-order valence-electron chi connectivity index (χ1n) is 6.43. The van der Waals surface area contributed by atoms with E-state index in [1.165, 1.54) is 70.6 Å². The van der Waals surface area contributed by atoms with Crippen molar-refractivity contribution in [2.75, 3.05) is 0 Å². The third-order valence-corrected chi connectivity index (χ3v) is 3.44. The predicted octanol–water partition coefficient (Wildman–Crippen LogP) is 4.93. The molecule has 0 heterocycles. The molecule has 0 aromatic carbocycles. The molecule has 78 valence electrons. The van der Waals surface area contributed by atoms with Crippen LogP contribution in [-0.2, 0) is 0 Å². The van der Waals surface area contributed by atoms with Crippen molar-refractivity contribution in [1.82, 2.24) is 0 Å². The number of hydrogen-bond acceptors (Lipinski definition) is 0. The van der Waals surface area contributed by atoms with Gasteiger partial charge in [-0.15, -0.1) is 0 Å². The van der Waals surface area contributed by atoms with E-state index in [1.807, 2.05) is 0 Å². The topological polar surface area (TPSA) is 0 Å². The second kappa shape index (κ2) is 7.41. The van der Waals surface area contributed by atoms with Gasteiger partial charge in [-0.2, -0.15) is 0 Å². The molecule has 1 saturated carbocycles. The maximum atomic E-state index is 2.29. The van der Waals surface area contributed by atoms with E-state index in [2.05, 4.69) is 6.92 Å². The Balaban J connectivity index is 1.68. The van der Waals surface area contributed by atoms with E-state index >= 15 is 0 Å². The fourth-order valence-corrected chi connectivity index (χ4v) is 2.17. The van der Waals surface area contributed by atoms with Crippen molar-refractivity contribution >= 4 is 0 Å². The molecule has 1 aliphatic rings. The highest BCUT2D eigenvalue weighted by Gasteiger charge is 2.15. The molecule has 0 nitrogen and oxygen atoms in total. The first-order valence-corrected chi connectivity index (χ1v) is 6.43. The zero-order valence-corrected chi connectivity index (χ0v) is 9.36. The smallest absolute Gasteiger partial charge is 0.0414 e. The molecule has 0 heteroatoms. The van der Waals surface area contributed by atoms with Crippen molar-refractivity contribution in [3.63, 3.8) is 0 Å². The standard InChI is InChI=1S/C13H26/c1-2-3-4-5-6-7-8-10-13-11-9-12-13/h13H,2-12H2,1H3. The Morgan fingerprint density at radius 3 is 2.00 bits per heavy atom. The molecular formula is C13H26. The van der Waals surface area contributed by atoms with Crippen LogP contribution in [0.2, 0.25) is 0 Å². The Hall–Kier alpha value is 0. The van der Waals surface area contributed by atoms with Crippen molar-refractivity contribution in [2.45, 2.75) is 77.6 Å². The first kappa shape index (κ1) is 11.1. The Morgan fingerprint density at radius 2 is 1.46 bits per heavy atom. The number of hydrogen-bond donors (Lipinski definition) is 0. The summed E-state index contributed by atoms with van der Waals surface area (Å²) >= 11 is 0. The summed E-state index contributed by atoms with van der Waals surface area (Å²) in [6.45, 7) is 2.29. The zero-order valence-electron chi connectivity index (χ0n) is 9.36. The van der Waals surface area contributed by atoms with Gasteiger partial charge in [0.25, 0.3) is 0 Å². The maximum Gasteiger partial charge on any atom is -0.0414 e.